The summed E-state index contributed by atoms with van der Waals surface area (Å²) in [7, 11) is 0. The first-order valence-electron chi connectivity index (χ1n) is 5.76. The lowest BCUT2D eigenvalue weighted by atomic mass is 10.1. The van der Waals surface area contributed by atoms with Gasteiger partial charge in [0.05, 0.1) is 13.2 Å². The number of thioether (sulfide) groups is 1. The van der Waals surface area contributed by atoms with Crippen LogP contribution in [0.5, 0.6) is 0 Å². The van der Waals surface area contributed by atoms with Gasteiger partial charge in [0.15, 0.2) is 0 Å². The minimum atomic E-state index is 0.0439. The Morgan fingerprint density at radius 3 is 2.83 bits per heavy atom. The van der Waals surface area contributed by atoms with E-state index in [0.29, 0.717) is 6.54 Å². The molecule has 0 aliphatic heterocycles. The van der Waals surface area contributed by atoms with Crippen molar-refractivity contribution in [2.24, 2.45) is 0 Å². The lowest BCUT2D eigenvalue weighted by molar-refractivity contribution is 0.262. The number of hydrogen-bond acceptors (Lipinski definition) is 5. The molecule has 0 amide bonds. The molecule has 0 atom stereocenters. The van der Waals surface area contributed by atoms with Gasteiger partial charge in [0.25, 0.3) is 0 Å². The molecule has 6 heteroatoms. The molecule has 1 aromatic heterocycles. The fraction of sp³-hybridized carbons (Fsp3) is 0.417. The molecule has 96 valence electrons. The van der Waals surface area contributed by atoms with Crippen LogP contribution in [0.4, 0.5) is 0 Å². The van der Waals surface area contributed by atoms with Crippen LogP contribution in [0, 0.1) is 13.8 Å². The van der Waals surface area contributed by atoms with Gasteiger partial charge in [-0.15, -0.1) is 5.10 Å². The van der Waals surface area contributed by atoms with Gasteiger partial charge in [0.1, 0.15) is 0 Å². The van der Waals surface area contributed by atoms with Crippen molar-refractivity contribution in [2.45, 2.75) is 31.3 Å². The van der Waals surface area contributed by atoms with Crippen LogP contribution >= 0.6 is 11.8 Å². The van der Waals surface area contributed by atoms with E-state index in [9.17, 15) is 0 Å². The standard InChI is InChI=1S/C12H16N4OS/c1-9-3-4-11(7-10(9)2)8-18-12-13-14-15-16(12)5-6-17/h3-4,7,17H,5-6,8H2,1-2H3. The van der Waals surface area contributed by atoms with Gasteiger partial charge in [0.2, 0.25) is 5.16 Å². The number of aliphatic hydroxyl groups is 1. The second-order valence-electron chi connectivity index (χ2n) is 4.12. The van der Waals surface area contributed by atoms with Crippen molar-refractivity contribution in [3.05, 3.63) is 34.9 Å². The molecule has 1 N–H and O–H groups in total. The molecule has 0 spiro atoms. The van der Waals surface area contributed by atoms with Crippen molar-refractivity contribution in [1.82, 2.24) is 20.2 Å². The Morgan fingerprint density at radius 1 is 1.28 bits per heavy atom. The molecule has 0 fully saturated rings. The zero-order valence-electron chi connectivity index (χ0n) is 10.5. The van der Waals surface area contributed by atoms with E-state index in [1.807, 2.05) is 0 Å². The molecule has 0 saturated carbocycles. The van der Waals surface area contributed by atoms with E-state index in [4.69, 9.17) is 5.11 Å². The summed E-state index contributed by atoms with van der Waals surface area (Å²) in [5.74, 6) is 0.826. The van der Waals surface area contributed by atoms with E-state index in [-0.39, 0.29) is 6.61 Å². The number of tetrazole rings is 1. The van der Waals surface area contributed by atoms with Crippen molar-refractivity contribution in [1.29, 1.82) is 0 Å². The molecule has 0 aliphatic carbocycles. The first kappa shape index (κ1) is 13.0. The van der Waals surface area contributed by atoms with Gasteiger partial charge in [0, 0.05) is 5.75 Å². The number of aryl methyl sites for hydroxylation is 2. The first-order valence-corrected chi connectivity index (χ1v) is 6.75. The fourth-order valence-corrected chi connectivity index (χ4v) is 2.42. The second-order valence-corrected chi connectivity index (χ2v) is 5.06. The average Bonchev–Trinajstić information content (AvgIpc) is 2.79. The molecule has 2 aromatic rings. The topological polar surface area (TPSA) is 63.8 Å². The van der Waals surface area contributed by atoms with Crippen molar-refractivity contribution in [3.8, 4) is 0 Å². The normalized spacial score (nSPS) is 10.8. The number of aliphatic hydroxyl groups excluding tert-OH is 1. The Kier molecular flexibility index (Phi) is 4.33. The summed E-state index contributed by atoms with van der Waals surface area (Å²) in [6.07, 6.45) is 0. The van der Waals surface area contributed by atoms with Crippen LogP contribution in [-0.4, -0.2) is 31.9 Å². The number of aromatic nitrogens is 4. The maximum Gasteiger partial charge on any atom is 0.209 e. The molecule has 0 bridgehead atoms. The first-order chi connectivity index (χ1) is 8.70. The number of rotatable bonds is 5. The molecule has 0 unspecified atom stereocenters. The zero-order chi connectivity index (χ0) is 13.0. The summed E-state index contributed by atoms with van der Waals surface area (Å²) in [5.41, 5.74) is 3.85. The largest absolute Gasteiger partial charge is 0.394 e. The van der Waals surface area contributed by atoms with Crippen molar-refractivity contribution in [3.63, 3.8) is 0 Å². The summed E-state index contributed by atoms with van der Waals surface area (Å²) >= 11 is 1.58. The minimum Gasteiger partial charge on any atom is -0.394 e. The molecular weight excluding hydrogens is 248 g/mol. The highest BCUT2D eigenvalue weighted by Gasteiger charge is 2.06. The maximum absolute atomic E-state index is 8.89. The number of benzene rings is 1. The van der Waals surface area contributed by atoms with Gasteiger partial charge >= 0.3 is 0 Å². The summed E-state index contributed by atoms with van der Waals surface area (Å²) < 4.78 is 1.62. The van der Waals surface area contributed by atoms with Crippen LogP contribution in [0.1, 0.15) is 16.7 Å². The monoisotopic (exact) mass is 264 g/mol. The number of hydrogen-bond donors (Lipinski definition) is 1. The number of nitrogens with zero attached hydrogens (tertiary/aromatic N) is 4. The molecule has 1 heterocycles. The third-order valence-corrected chi connectivity index (χ3v) is 3.78. The van der Waals surface area contributed by atoms with E-state index in [2.05, 4.69) is 47.6 Å². The maximum atomic E-state index is 8.89. The molecule has 5 nitrogen and oxygen atoms in total. The molecule has 2 rings (SSSR count). The van der Waals surface area contributed by atoms with Gasteiger partial charge in [-0.1, -0.05) is 30.0 Å². The van der Waals surface area contributed by atoms with Crippen molar-refractivity contribution < 1.29 is 5.11 Å². The van der Waals surface area contributed by atoms with E-state index < -0.39 is 0 Å². The predicted octanol–water partition coefficient (Wildman–Crippen LogP) is 1.57. The Labute approximate surface area is 110 Å². The highest BCUT2D eigenvalue weighted by Crippen LogP contribution is 2.21. The summed E-state index contributed by atoms with van der Waals surface area (Å²) in [5, 5.41) is 21.0. The second kappa shape index (κ2) is 5.97. The van der Waals surface area contributed by atoms with Gasteiger partial charge in [-0.25, -0.2) is 4.68 Å². The molecule has 0 saturated heterocycles. The summed E-state index contributed by atoms with van der Waals surface area (Å²) in [4.78, 5) is 0. The lowest BCUT2D eigenvalue weighted by Gasteiger charge is -2.05. The van der Waals surface area contributed by atoms with Crippen LogP contribution in [0.2, 0.25) is 0 Å². The third-order valence-electron chi connectivity index (χ3n) is 2.75. The average molecular weight is 264 g/mol. The van der Waals surface area contributed by atoms with Crippen LogP contribution in [0.25, 0.3) is 0 Å². The third kappa shape index (κ3) is 3.08. The fourth-order valence-electron chi connectivity index (χ4n) is 1.58. The van der Waals surface area contributed by atoms with Gasteiger partial charge in [-0.05, 0) is 41.0 Å². The van der Waals surface area contributed by atoms with Crippen LogP contribution in [-0.2, 0) is 12.3 Å². The molecule has 0 aliphatic rings. The van der Waals surface area contributed by atoms with E-state index in [1.54, 1.807) is 16.4 Å². The molecular formula is C12H16N4OS. The van der Waals surface area contributed by atoms with Crippen molar-refractivity contribution >= 4 is 11.8 Å². The van der Waals surface area contributed by atoms with E-state index in [1.165, 1.54) is 16.7 Å². The SMILES string of the molecule is Cc1ccc(CSc2nnnn2CCO)cc1C. The Hall–Kier alpha value is -1.40. The van der Waals surface area contributed by atoms with Crippen molar-refractivity contribution in [2.75, 3.05) is 6.61 Å². The van der Waals surface area contributed by atoms with Crippen LogP contribution in [0.3, 0.4) is 0 Å². The molecule has 1 aromatic carbocycles. The summed E-state index contributed by atoms with van der Waals surface area (Å²) in [6.45, 7) is 4.69. The van der Waals surface area contributed by atoms with Crippen LogP contribution in [0.15, 0.2) is 23.4 Å². The smallest absolute Gasteiger partial charge is 0.209 e. The van der Waals surface area contributed by atoms with Gasteiger partial charge in [-0.2, -0.15) is 0 Å². The molecule has 0 radical (unpaired) electrons. The van der Waals surface area contributed by atoms with Crippen LogP contribution < -0.4 is 0 Å². The quantitative estimate of drug-likeness (QED) is 0.831. The Morgan fingerprint density at radius 2 is 2.11 bits per heavy atom. The van der Waals surface area contributed by atoms with Gasteiger partial charge in [-0.3, -0.25) is 0 Å². The minimum absolute atomic E-state index is 0.0439. The highest BCUT2D eigenvalue weighted by molar-refractivity contribution is 7.98. The zero-order valence-corrected chi connectivity index (χ0v) is 11.3. The lowest BCUT2D eigenvalue weighted by Crippen LogP contribution is -2.05. The summed E-state index contributed by atoms with van der Waals surface area (Å²) in [6, 6.07) is 6.43. The Bertz CT molecular complexity index is 527. The van der Waals surface area contributed by atoms with E-state index >= 15 is 0 Å². The predicted molar refractivity (Wildman–Crippen MR) is 70.4 cm³/mol. The van der Waals surface area contributed by atoms with E-state index in [0.717, 1.165) is 10.9 Å². The van der Waals surface area contributed by atoms with Gasteiger partial charge < -0.3 is 5.11 Å². The Balaban J connectivity index is 2.02. The highest BCUT2D eigenvalue weighted by atomic mass is 32.2. The molecule has 18 heavy (non-hydrogen) atoms.